The minimum absolute atomic E-state index is 0. The van der Waals surface area contributed by atoms with E-state index in [1.807, 2.05) is 36.5 Å². The number of nitrogens with zero attached hydrogens (tertiary/aromatic N) is 2. The number of aliphatic hydroxyl groups is 1. The Balaban J connectivity index is 0.000000492. The predicted octanol–water partition coefficient (Wildman–Crippen LogP) is 7.97. The van der Waals surface area contributed by atoms with Crippen LogP contribution in [0.25, 0.3) is 43.9 Å². The van der Waals surface area contributed by atoms with E-state index in [-0.39, 0.29) is 31.6 Å². The van der Waals surface area contributed by atoms with Crippen molar-refractivity contribution in [2.75, 3.05) is 0 Å². The molecule has 5 aromatic rings. The molecule has 0 aliphatic heterocycles. The van der Waals surface area contributed by atoms with Crippen molar-refractivity contribution in [3.05, 3.63) is 109 Å². The second-order valence-electron chi connectivity index (χ2n) is 10.6. The molecule has 0 saturated carbocycles. The van der Waals surface area contributed by atoms with Crippen molar-refractivity contribution in [2.45, 2.75) is 33.5 Å². The van der Waals surface area contributed by atoms with Crippen LogP contribution in [0.1, 0.15) is 19.4 Å². The van der Waals surface area contributed by atoms with Gasteiger partial charge in [-0.1, -0.05) is 90.4 Å². The van der Waals surface area contributed by atoms with Crippen LogP contribution in [0, 0.1) is 17.4 Å². The van der Waals surface area contributed by atoms with E-state index >= 15 is 0 Å². The first kappa shape index (κ1) is 30.7. The standard InChI is InChI=1S/C29H23N2Si.C5H8O2.Ir/c1-32(2,3)26-9-6-8-20(18-26)21-11-12-28-23(15-21)13-14-31-29(28)24-16-22-7-4-5-10-27(22)25(17-24)19-30;1-4(6)3-5(2)7;/h4-15,17-18H,1-3H3;3,6H,1-2H3;/q-1;;/b;4-3-;. The van der Waals surface area contributed by atoms with Crippen LogP contribution >= 0.6 is 0 Å². The van der Waals surface area contributed by atoms with Crippen molar-refractivity contribution < 1.29 is 30.0 Å². The Labute approximate surface area is 250 Å². The zero-order chi connectivity index (χ0) is 28.2. The van der Waals surface area contributed by atoms with E-state index in [0.717, 1.165) is 32.8 Å². The van der Waals surface area contributed by atoms with Gasteiger partial charge in [0.1, 0.15) is 0 Å². The van der Waals surface area contributed by atoms with Crippen molar-refractivity contribution in [1.29, 1.82) is 5.26 Å². The van der Waals surface area contributed by atoms with Crippen LogP contribution in [0.4, 0.5) is 0 Å². The van der Waals surface area contributed by atoms with Gasteiger partial charge < -0.3 is 5.11 Å². The number of rotatable bonds is 4. The molecule has 0 amide bonds. The topological polar surface area (TPSA) is 74.0 Å². The molecule has 0 fully saturated rings. The molecule has 5 rings (SSSR count). The molecule has 4 nitrogen and oxygen atoms in total. The number of aromatic nitrogens is 1. The predicted molar refractivity (Wildman–Crippen MR) is 164 cm³/mol. The van der Waals surface area contributed by atoms with Gasteiger partial charge in [-0.15, -0.1) is 23.6 Å². The summed E-state index contributed by atoms with van der Waals surface area (Å²) in [5.74, 6) is -0.0625. The second kappa shape index (κ2) is 13.0. The van der Waals surface area contributed by atoms with Crippen molar-refractivity contribution in [1.82, 2.24) is 4.98 Å². The number of benzene rings is 4. The monoisotopic (exact) mass is 720 g/mol. The van der Waals surface area contributed by atoms with E-state index in [0.29, 0.717) is 5.56 Å². The fourth-order valence-corrected chi connectivity index (χ4v) is 5.67. The Morgan fingerprint density at radius 1 is 0.925 bits per heavy atom. The van der Waals surface area contributed by atoms with Crippen molar-refractivity contribution >= 4 is 40.6 Å². The number of allylic oxidation sites excluding steroid dienone is 2. The Hall–Kier alpha value is -3.88. The van der Waals surface area contributed by atoms with Crippen LogP contribution in [0.5, 0.6) is 0 Å². The summed E-state index contributed by atoms with van der Waals surface area (Å²) in [5, 5.41) is 23.5. The normalized spacial score (nSPS) is 11.2. The number of pyridine rings is 1. The molecule has 1 heterocycles. The van der Waals surface area contributed by atoms with Gasteiger partial charge in [-0.3, -0.25) is 9.78 Å². The van der Waals surface area contributed by atoms with Crippen molar-refractivity contribution in [3.63, 3.8) is 0 Å². The first-order valence-electron chi connectivity index (χ1n) is 12.8. The molecule has 1 aromatic heterocycles. The van der Waals surface area contributed by atoms with Crippen LogP contribution in [0.3, 0.4) is 0 Å². The summed E-state index contributed by atoms with van der Waals surface area (Å²) in [6.45, 7) is 9.97. The van der Waals surface area contributed by atoms with E-state index in [1.165, 1.54) is 36.2 Å². The number of carbonyl (C=O) groups is 1. The number of hydrogen-bond donors (Lipinski definition) is 1. The van der Waals surface area contributed by atoms with Crippen LogP contribution in [-0.4, -0.2) is 23.9 Å². The van der Waals surface area contributed by atoms with Crippen LogP contribution in [0.15, 0.2) is 96.9 Å². The molecule has 0 bridgehead atoms. The molecule has 0 saturated heterocycles. The van der Waals surface area contributed by atoms with Gasteiger partial charge in [0.25, 0.3) is 0 Å². The van der Waals surface area contributed by atoms with Crippen LogP contribution in [0.2, 0.25) is 19.6 Å². The number of ketones is 1. The maximum absolute atomic E-state index is 10.0. The Morgan fingerprint density at radius 2 is 1.65 bits per heavy atom. The molecule has 40 heavy (non-hydrogen) atoms. The average molecular weight is 720 g/mol. The molecular weight excluding hydrogens is 689 g/mol. The first-order valence-corrected chi connectivity index (χ1v) is 16.3. The summed E-state index contributed by atoms with van der Waals surface area (Å²) in [7, 11) is -1.38. The smallest absolute Gasteiger partial charge is 0.155 e. The third kappa shape index (κ3) is 7.19. The van der Waals surface area contributed by atoms with Gasteiger partial charge in [-0.25, -0.2) is 0 Å². The molecule has 1 radical (unpaired) electrons. The molecule has 0 atom stereocenters. The van der Waals surface area contributed by atoms with Crippen LogP contribution < -0.4 is 5.19 Å². The number of aliphatic hydroxyl groups excluding tert-OH is 1. The first-order chi connectivity index (χ1) is 18.6. The maximum atomic E-state index is 10.0. The summed E-state index contributed by atoms with van der Waals surface area (Å²) in [6.07, 6.45) is 3.01. The average Bonchev–Trinajstić information content (AvgIpc) is 2.91. The van der Waals surface area contributed by atoms with Gasteiger partial charge in [-0.2, -0.15) is 5.26 Å². The molecule has 4 aromatic carbocycles. The van der Waals surface area contributed by atoms with Crippen molar-refractivity contribution in [3.8, 4) is 28.5 Å². The van der Waals surface area contributed by atoms with Gasteiger partial charge in [0.15, 0.2) is 5.78 Å². The third-order valence-electron chi connectivity index (χ3n) is 6.39. The molecule has 6 heteroatoms. The third-order valence-corrected chi connectivity index (χ3v) is 8.43. The van der Waals surface area contributed by atoms with Gasteiger partial charge in [0.05, 0.1) is 19.9 Å². The molecule has 0 unspecified atom stereocenters. The van der Waals surface area contributed by atoms with Gasteiger partial charge in [0.2, 0.25) is 0 Å². The number of carbonyl (C=O) groups excluding carboxylic acids is 1. The maximum Gasteiger partial charge on any atom is 0.155 e. The SMILES string of the molecule is CC(=O)/C=C(/C)O.C[Si](C)(C)c1cccc(-c2ccc3c(-c4[c-]c5ccccc5c(C#N)c4)nccc3c2)c1.[Ir]. The quantitative estimate of drug-likeness (QED) is 0.0886. The zero-order valence-electron chi connectivity index (χ0n) is 23.2. The Bertz CT molecular complexity index is 1760. The summed E-state index contributed by atoms with van der Waals surface area (Å²) >= 11 is 0. The zero-order valence-corrected chi connectivity index (χ0v) is 26.6. The largest absolute Gasteiger partial charge is 0.512 e. The fraction of sp³-hybridized carbons (Fsp3) is 0.147. The molecule has 1 N–H and O–H groups in total. The van der Waals surface area contributed by atoms with E-state index < -0.39 is 8.07 Å². The minimum atomic E-state index is -1.38. The van der Waals surface area contributed by atoms with Gasteiger partial charge in [-0.05, 0) is 53.4 Å². The van der Waals surface area contributed by atoms with E-state index in [2.05, 4.69) is 85.3 Å². The van der Waals surface area contributed by atoms with Gasteiger partial charge >= 0.3 is 0 Å². The van der Waals surface area contributed by atoms with Crippen LogP contribution in [-0.2, 0) is 24.9 Å². The Kier molecular flexibility index (Phi) is 9.95. The van der Waals surface area contributed by atoms with E-state index in [1.54, 1.807) is 0 Å². The number of hydrogen-bond acceptors (Lipinski definition) is 4. The molecule has 203 valence electrons. The number of nitriles is 1. The summed E-state index contributed by atoms with van der Waals surface area (Å²) in [5.41, 5.74) is 4.79. The summed E-state index contributed by atoms with van der Waals surface area (Å²) in [4.78, 5) is 14.7. The number of fused-ring (bicyclic) bond motifs is 2. The Morgan fingerprint density at radius 3 is 2.30 bits per heavy atom. The molecule has 0 aliphatic carbocycles. The van der Waals surface area contributed by atoms with E-state index in [4.69, 9.17) is 5.11 Å². The molecular formula is C34H31IrN2O2Si-. The minimum Gasteiger partial charge on any atom is -0.512 e. The summed E-state index contributed by atoms with van der Waals surface area (Å²) in [6, 6.07) is 33.1. The van der Waals surface area contributed by atoms with E-state index in [9.17, 15) is 10.1 Å². The fourth-order valence-electron chi connectivity index (χ4n) is 4.48. The van der Waals surface area contributed by atoms with Crippen molar-refractivity contribution in [2.24, 2.45) is 0 Å². The van der Waals surface area contributed by atoms with Gasteiger partial charge in [0, 0.05) is 38.1 Å². The summed E-state index contributed by atoms with van der Waals surface area (Å²) < 4.78 is 0. The second-order valence-corrected chi connectivity index (χ2v) is 15.7. The molecule has 0 spiro atoms. The molecule has 0 aliphatic rings.